The standard InChI is InChI=1S/C11H12FN3OS.2BrH/c12-7-2-1-6(8(13)3-7)5-14-9-4-10(17)15-11(9)16;;/h1-3,9,14H,4-5,13H2,(H,15,16,17);2*1H. The first-order chi connectivity index (χ1) is 8.06. The molecule has 1 aromatic carbocycles. The molecule has 1 atom stereocenters. The van der Waals surface area contributed by atoms with Gasteiger partial charge >= 0.3 is 0 Å². The SMILES string of the molecule is Br.Br.Nc1cc(F)ccc1CNC1CC(=S)NC1=O. The molecular weight excluding hydrogens is 401 g/mol. The molecule has 1 aliphatic rings. The maximum Gasteiger partial charge on any atom is 0.242 e. The van der Waals surface area contributed by atoms with E-state index < -0.39 is 0 Å². The largest absolute Gasteiger partial charge is 0.398 e. The summed E-state index contributed by atoms with van der Waals surface area (Å²) in [7, 11) is 0. The van der Waals surface area contributed by atoms with Crippen molar-refractivity contribution >= 4 is 62.8 Å². The molecule has 0 saturated carbocycles. The van der Waals surface area contributed by atoms with E-state index in [1.165, 1.54) is 12.1 Å². The third kappa shape index (κ3) is 4.79. The molecule has 0 aliphatic carbocycles. The van der Waals surface area contributed by atoms with Crippen molar-refractivity contribution < 1.29 is 9.18 Å². The van der Waals surface area contributed by atoms with Crippen LogP contribution in [0.15, 0.2) is 18.2 Å². The van der Waals surface area contributed by atoms with E-state index in [4.69, 9.17) is 18.0 Å². The zero-order chi connectivity index (χ0) is 12.4. The highest BCUT2D eigenvalue weighted by Gasteiger charge is 2.27. The van der Waals surface area contributed by atoms with Gasteiger partial charge in [-0.2, -0.15) is 0 Å². The van der Waals surface area contributed by atoms with Gasteiger partial charge in [0.2, 0.25) is 5.91 Å². The fourth-order valence-electron chi connectivity index (χ4n) is 1.68. The number of halogens is 3. The van der Waals surface area contributed by atoms with Crippen LogP contribution >= 0.6 is 46.2 Å². The normalized spacial score (nSPS) is 17.4. The molecule has 106 valence electrons. The number of rotatable bonds is 3. The van der Waals surface area contributed by atoms with Gasteiger partial charge in [-0.1, -0.05) is 18.3 Å². The molecule has 1 aromatic rings. The molecule has 4 nitrogen and oxygen atoms in total. The van der Waals surface area contributed by atoms with Crippen molar-refractivity contribution in [3.63, 3.8) is 0 Å². The second kappa shape index (κ2) is 7.88. The second-order valence-corrected chi connectivity index (χ2v) is 4.39. The lowest BCUT2D eigenvalue weighted by Gasteiger charge is -2.11. The molecule has 1 heterocycles. The smallest absolute Gasteiger partial charge is 0.242 e. The van der Waals surface area contributed by atoms with E-state index in [1.807, 2.05) is 0 Å². The van der Waals surface area contributed by atoms with Crippen molar-refractivity contribution in [3.05, 3.63) is 29.6 Å². The molecule has 0 spiro atoms. The zero-order valence-corrected chi connectivity index (χ0v) is 14.1. The van der Waals surface area contributed by atoms with E-state index in [2.05, 4.69) is 10.6 Å². The Bertz CT molecular complexity index is 487. The van der Waals surface area contributed by atoms with Gasteiger partial charge in [0.05, 0.1) is 11.0 Å². The predicted molar refractivity (Wildman–Crippen MR) is 87.4 cm³/mol. The molecular formula is C11H14Br2FN3OS. The summed E-state index contributed by atoms with van der Waals surface area (Å²) in [6.07, 6.45) is 0.495. The Balaban J connectivity index is 0.00000162. The minimum atomic E-state index is -0.369. The van der Waals surface area contributed by atoms with Gasteiger partial charge in [0.1, 0.15) is 5.82 Å². The van der Waals surface area contributed by atoms with Crippen LogP contribution in [0, 0.1) is 5.82 Å². The van der Waals surface area contributed by atoms with Crippen molar-refractivity contribution in [3.8, 4) is 0 Å². The Kier molecular flexibility index (Phi) is 7.65. The minimum absolute atomic E-state index is 0. The van der Waals surface area contributed by atoms with Crippen LogP contribution in [0.5, 0.6) is 0 Å². The van der Waals surface area contributed by atoms with Crippen LogP contribution in [0.3, 0.4) is 0 Å². The van der Waals surface area contributed by atoms with Gasteiger partial charge in [-0.3, -0.25) is 4.79 Å². The summed E-state index contributed by atoms with van der Waals surface area (Å²) in [6, 6.07) is 3.87. The fraction of sp³-hybridized carbons (Fsp3) is 0.273. The summed E-state index contributed by atoms with van der Waals surface area (Å²) >= 11 is 4.90. The Morgan fingerprint density at radius 1 is 1.47 bits per heavy atom. The molecule has 8 heteroatoms. The van der Waals surface area contributed by atoms with Crippen molar-refractivity contribution in [2.24, 2.45) is 0 Å². The van der Waals surface area contributed by atoms with Gasteiger partial charge in [0.25, 0.3) is 0 Å². The first kappa shape index (κ1) is 18.4. The van der Waals surface area contributed by atoms with Gasteiger partial charge < -0.3 is 16.4 Å². The van der Waals surface area contributed by atoms with Crippen molar-refractivity contribution in [1.29, 1.82) is 0 Å². The Morgan fingerprint density at radius 2 is 2.16 bits per heavy atom. The monoisotopic (exact) mass is 413 g/mol. The second-order valence-electron chi connectivity index (χ2n) is 3.89. The van der Waals surface area contributed by atoms with Gasteiger partial charge in [0, 0.05) is 18.7 Å². The van der Waals surface area contributed by atoms with Crippen LogP contribution in [0.4, 0.5) is 10.1 Å². The van der Waals surface area contributed by atoms with E-state index in [1.54, 1.807) is 6.07 Å². The number of hydrogen-bond acceptors (Lipinski definition) is 4. The topological polar surface area (TPSA) is 67.2 Å². The van der Waals surface area contributed by atoms with E-state index in [0.29, 0.717) is 23.6 Å². The van der Waals surface area contributed by atoms with Gasteiger partial charge in [-0.25, -0.2) is 4.39 Å². The predicted octanol–water partition coefficient (Wildman–Crippen LogP) is 1.87. The molecule has 0 bridgehead atoms. The summed E-state index contributed by atoms with van der Waals surface area (Å²) in [5.74, 6) is -0.498. The molecule has 2 rings (SSSR count). The van der Waals surface area contributed by atoms with Crippen LogP contribution in [0.2, 0.25) is 0 Å². The first-order valence-corrected chi connectivity index (χ1v) is 5.58. The quantitative estimate of drug-likeness (QED) is 0.521. The Morgan fingerprint density at radius 3 is 2.68 bits per heavy atom. The van der Waals surface area contributed by atoms with Crippen molar-refractivity contribution in [2.45, 2.75) is 19.0 Å². The van der Waals surface area contributed by atoms with E-state index in [0.717, 1.165) is 5.56 Å². The number of thiocarbonyl (C=S) groups is 1. The summed E-state index contributed by atoms with van der Waals surface area (Å²) in [5.41, 5.74) is 6.80. The Labute approximate surface area is 136 Å². The van der Waals surface area contributed by atoms with Gasteiger partial charge in [-0.05, 0) is 17.7 Å². The Hall–Kier alpha value is -0.570. The molecule has 19 heavy (non-hydrogen) atoms. The highest BCUT2D eigenvalue weighted by Crippen LogP contribution is 2.14. The third-order valence-electron chi connectivity index (χ3n) is 2.62. The highest BCUT2D eigenvalue weighted by atomic mass is 79.9. The number of carbonyl (C=O) groups excluding carboxylic acids is 1. The first-order valence-electron chi connectivity index (χ1n) is 5.17. The third-order valence-corrected chi connectivity index (χ3v) is 2.88. The van der Waals surface area contributed by atoms with E-state index in [9.17, 15) is 9.18 Å². The van der Waals surface area contributed by atoms with Crippen molar-refractivity contribution in [1.82, 2.24) is 10.6 Å². The summed E-state index contributed by atoms with van der Waals surface area (Å²) < 4.78 is 12.8. The van der Waals surface area contributed by atoms with Crippen LogP contribution in [0.1, 0.15) is 12.0 Å². The maximum absolute atomic E-state index is 12.8. The van der Waals surface area contributed by atoms with Crippen LogP contribution < -0.4 is 16.4 Å². The molecule has 0 radical (unpaired) electrons. The minimum Gasteiger partial charge on any atom is -0.398 e. The lowest BCUT2D eigenvalue weighted by Crippen LogP contribution is -2.35. The average Bonchev–Trinajstić information content (AvgIpc) is 2.56. The number of nitrogens with one attached hydrogen (secondary N) is 2. The maximum atomic E-state index is 12.8. The number of nitrogens with two attached hydrogens (primary N) is 1. The molecule has 1 unspecified atom stereocenters. The lowest BCUT2D eigenvalue weighted by molar-refractivity contribution is -0.120. The molecule has 1 amide bonds. The molecule has 0 aromatic heterocycles. The fourth-order valence-corrected chi connectivity index (χ4v) is 1.95. The average molecular weight is 415 g/mol. The van der Waals surface area contributed by atoms with E-state index >= 15 is 0 Å². The van der Waals surface area contributed by atoms with Gasteiger partial charge in [0.15, 0.2) is 0 Å². The summed E-state index contributed by atoms with van der Waals surface area (Å²) in [5, 5.41) is 5.60. The van der Waals surface area contributed by atoms with Crippen LogP contribution in [0.25, 0.3) is 0 Å². The van der Waals surface area contributed by atoms with E-state index in [-0.39, 0.29) is 51.7 Å². The molecule has 1 fully saturated rings. The number of carbonyl (C=O) groups is 1. The molecule has 1 saturated heterocycles. The zero-order valence-electron chi connectivity index (χ0n) is 9.81. The highest BCUT2D eigenvalue weighted by molar-refractivity contribution is 8.93. The van der Waals surface area contributed by atoms with Gasteiger partial charge in [-0.15, -0.1) is 34.0 Å². The number of nitrogen functional groups attached to an aromatic ring is 1. The number of benzene rings is 1. The number of anilines is 1. The molecule has 1 aliphatic heterocycles. The van der Waals surface area contributed by atoms with Crippen LogP contribution in [-0.2, 0) is 11.3 Å². The van der Waals surface area contributed by atoms with Crippen LogP contribution in [-0.4, -0.2) is 16.9 Å². The summed E-state index contributed by atoms with van der Waals surface area (Å²) in [4.78, 5) is 11.9. The molecule has 4 N–H and O–H groups in total. The van der Waals surface area contributed by atoms with Crippen molar-refractivity contribution in [2.75, 3.05) is 5.73 Å². The number of amides is 1. The summed E-state index contributed by atoms with van der Waals surface area (Å²) in [6.45, 7) is 0.410. The lowest BCUT2D eigenvalue weighted by atomic mass is 10.1. The number of hydrogen-bond donors (Lipinski definition) is 3.